The first-order valence-electron chi connectivity index (χ1n) is 8.75. The zero-order valence-corrected chi connectivity index (χ0v) is 14.6. The fraction of sp³-hybridized carbons (Fsp3) is 0.300. The third-order valence-corrected chi connectivity index (χ3v) is 4.32. The van der Waals surface area contributed by atoms with Gasteiger partial charge in [-0.05, 0) is 11.1 Å². The molecule has 26 heavy (non-hydrogen) atoms. The Morgan fingerprint density at radius 2 is 1.35 bits per heavy atom. The van der Waals surface area contributed by atoms with Gasteiger partial charge in [-0.1, -0.05) is 60.7 Å². The van der Waals surface area contributed by atoms with Crippen LogP contribution in [0.1, 0.15) is 11.1 Å². The van der Waals surface area contributed by atoms with Crippen LogP contribution in [0.25, 0.3) is 0 Å². The van der Waals surface area contributed by atoms with Crippen molar-refractivity contribution in [3.8, 4) is 0 Å². The van der Waals surface area contributed by atoms with Crippen LogP contribution in [0.5, 0.6) is 0 Å². The maximum atomic E-state index is 12.2. The van der Waals surface area contributed by atoms with Crippen LogP contribution in [-0.2, 0) is 17.9 Å². The van der Waals surface area contributed by atoms with Gasteiger partial charge < -0.3 is 19.9 Å². The number of urea groups is 1. The quantitative estimate of drug-likeness (QED) is 0.919. The molecule has 1 heterocycles. The number of amides is 3. The highest BCUT2D eigenvalue weighted by Crippen LogP contribution is 2.07. The van der Waals surface area contributed by atoms with Crippen molar-refractivity contribution in [2.75, 3.05) is 26.2 Å². The number of carbonyl (C=O) groups excluding carboxylic acids is 2. The van der Waals surface area contributed by atoms with Gasteiger partial charge in [-0.25, -0.2) is 9.59 Å². The van der Waals surface area contributed by atoms with Gasteiger partial charge in [-0.15, -0.1) is 0 Å². The van der Waals surface area contributed by atoms with E-state index in [0.717, 1.165) is 11.1 Å². The Hall–Kier alpha value is -3.02. The third-order valence-electron chi connectivity index (χ3n) is 4.32. The molecule has 1 N–H and O–H groups in total. The summed E-state index contributed by atoms with van der Waals surface area (Å²) in [6.45, 7) is 2.72. The van der Waals surface area contributed by atoms with E-state index in [0.29, 0.717) is 32.7 Å². The fourth-order valence-electron chi connectivity index (χ4n) is 2.79. The van der Waals surface area contributed by atoms with Gasteiger partial charge in [0.05, 0.1) is 0 Å². The van der Waals surface area contributed by atoms with Gasteiger partial charge in [-0.3, -0.25) is 0 Å². The average Bonchev–Trinajstić information content (AvgIpc) is 2.72. The lowest BCUT2D eigenvalue weighted by Gasteiger charge is -2.34. The lowest BCUT2D eigenvalue weighted by atomic mass is 10.2. The van der Waals surface area contributed by atoms with E-state index in [-0.39, 0.29) is 18.7 Å². The highest BCUT2D eigenvalue weighted by molar-refractivity contribution is 5.75. The average molecular weight is 353 g/mol. The molecule has 136 valence electrons. The minimum Gasteiger partial charge on any atom is -0.445 e. The molecule has 1 fully saturated rings. The van der Waals surface area contributed by atoms with Crippen LogP contribution in [0.2, 0.25) is 0 Å². The van der Waals surface area contributed by atoms with Crippen molar-refractivity contribution in [3.63, 3.8) is 0 Å². The van der Waals surface area contributed by atoms with Gasteiger partial charge in [0.1, 0.15) is 6.61 Å². The van der Waals surface area contributed by atoms with Crippen molar-refractivity contribution >= 4 is 12.1 Å². The molecule has 0 unspecified atom stereocenters. The molecule has 1 saturated heterocycles. The Bertz CT molecular complexity index is 650. The largest absolute Gasteiger partial charge is 0.445 e. The van der Waals surface area contributed by atoms with Crippen LogP contribution in [0.3, 0.4) is 0 Å². The van der Waals surface area contributed by atoms with E-state index in [2.05, 4.69) is 5.32 Å². The Morgan fingerprint density at radius 3 is 1.96 bits per heavy atom. The maximum absolute atomic E-state index is 12.2. The minimum atomic E-state index is -0.335. The van der Waals surface area contributed by atoms with E-state index in [4.69, 9.17) is 4.74 Å². The number of hydrogen-bond donors (Lipinski definition) is 1. The summed E-state index contributed by atoms with van der Waals surface area (Å²) in [6.07, 6.45) is -0.335. The second-order valence-corrected chi connectivity index (χ2v) is 6.16. The molecule has 6 heteroatoms. The zero-order valence-electron chi connectivity index (χ0n) is 14.6. The first-order chi connectivity index (χ1) is 12.7. The Labute approximate surface area is 153 Å². The molecule has 6 nitrogen and oxygen atoms in total. The first kappa shape index (κ1) is 17.8. The van der Waals surface area contributed by atoms with Crippen LogP contribution in [-0.4, -0.2) is 48.1 Å². The van der Waals surface area contributed by atoms with Crippen molar-refractivity contribution in [1.82, 2.24) is 15.1 Å². The molecule has 0 radical (unpaired) electrons. The van der Waals surface area contributed by atoms with Crippen molar-refractivity contribution in [2.45, 2.75) is 13.2 Å². The number of nitrogens with zero attached hydrogens (tertiary/aromatic N) is 2. The van der Waals surface area contributed by atoms with Gasteiger partial charge in [-0.2, -0.15) is 0 Å². The molecular weight excluding hydrogens is 330 g/mol. The van der Waals surface area contributed by atoms with E-state index in [1.54, 1.807) is 9.80 Å². The molecule has 2 aromatic carbocycles. The molecule has 1 aliphatic rings. The Balaban J connectivity index is 1.39. The van der Waals surface area contributed by atoms with Gasteiger partial charge >= 0.3 is 12.1 Å². The number of carbonyl (C=O) groups is 2. The number of piperazine rings is 1. The second-order valence-electron chi connectivity index (χ2n) is 6.16. The smallest absolute Gasteiger partial charge is 0.410 e. The summed E-state index contributed by atoms with van der Waals surface area (Å²) in [5, 5.41) is 2.91. The first-order valence-corrected chi connectivity index (χ1v) is 8.75. The highest BCUT2D eigenvalue weighted by atomic mass is 16.6. The Kier molecular flexibility index (Phi) is 6.09. The number of rotatable bonds is 4. The van der Waals surface area contributed by atoms with E-state index in [1.165, 1.54) is 0 Å². The standard InChI is InChI=1S/C20H23N3O3/c24-19(21-15-17-7-3-1-4-8-17)22-11-13-23(14-12-22)20(25)26-16-18-9-5-2-6-10-18/h1-10H,11-16H2,(H,21,24). The van der Waals surface area contributed by atoms with Gasteiger partial charge in [0.25, 0.3) is 0 Å². The summed E-state index contributed by atoms with van der Waals surface area (Å²) in [7, 11) is 0. The molecule has 3 rings (SSSR count). The summed E-state index contributed by atoms with van der Waals surface area (Å²) >= 11 is 0. The second kappa shape index (κ2) is 8.89. The molecule has 0 bridgehead atoms. The minimum absolute atomic E-state index is 0.105. The van der Waals surface area contributed by atoms with E-state index in [1.807, 2.05) is 60.7 Å². The maximum Gasteiger partial charge on any atom is 0.410 e. The summed E-state index contributed by atoms with van der Waals surface area (Å²) in [4.78, 5) is 27.8. The van der Waals surface area contributed by atoms with Crippen LogP contribution < -0.4 is 5.32 Å². The number of hydrogen-bond acceptors (Lipinski definition) is 3. The predicted octanol–water partition coefficient (Wildman–Crippen LogP) is 2.85. The van der Waals surface area contributed by atoms with E-state index in [9.17, 15) is 9.59 Å². The molecule has 0 aromatic heterocycles. The van der Waals surface area contributed by atoms with Crippen LogP contribution in [0, 0.1) is 0 Å². The van der Waals surface area contributed by atoms with Gasteiger partial charge in [0.2, 0.25) is 0 Å². The third kappa shape index (κ3) is 4.99. The number of nitrogens with one attached hydrogen (secondary N) is 1. The molecule has 0 aliphatic carbocycles. The number of ether oxygens (including phenoxy) is 1. The van der Waals surface area contributed by atoms with Crippen LogP contribution >= 0.6 is 0 Å². The Morgan fingerprint density at radius 1 is 0.808 bits per heavy atom. The summed E-state index contributed by atoms with van der Waals surface area (Å²) < 4.78 is 5.34. The molecule has 0 spiro atoms. The summed E-state index contributed by atoms with van der Waals surface area (Å²) in [6, 6.07) is 19.3. The number of benzene rings is 2. The van der Waals surface area contributed by atoms with E-state index >= 15 is 0 Å². The fourth-order valence-corrected chi connectivity index (χ4v) is 2.79. The highest BCUT2D eigenvalue weighted by Gasteiger charge is 2.24. The zero-order chi connectivity index (χ0) is 18.2. The van der Waals surface area contributed by atoms with Gasteiger partial charge in [0.15, 0.2) is 0 Å². The van der Waals surface area contributed by atoms with E-state index < -0.39 is 0 Å². The monoisotopic (exact) mass is 353 g/mol. The van der Waals surface area contributed by atoms with Crippen molar-refractivity contribution in [2.24, 2.45) is 0 Å². The SMILES string of the molecule is O=C(NCc1ccccc1)N1CCN(C(=O)OCc2ccccc2)CC1. The molecule has 1 aliphatic heterocycles. The summed E-state index contributed by atoms with van der Waals surface area (Å²) in [5.74, 6) is 0. The van der Waals surface area contributed by atoms with Crippen LogP contribution in [0.15, 0.2) is 60.7 Å². The van der Waals surface area contributed by atoms with Gasteiger partial charge in [0, 0.05) is 32.7 Å². The topological polar surface area (TPSA) is 61.9 Å². The normalized spacial score (nSPS) is 14.0. The molecule has 2 aromatic rings. The molecule has 0 atom stereocenters. The lowest BCUT2D eigenvalue weighted by Crippen LogP contribution is -2.53. The lowest BCUT2D eigenvalue weighted by molar-refractivity contribution is 0.0768. The molecular formula is C20H23N3O3. The van der Waals surface area contributed by atoms with Crippen LogP contribution in [0.4, 0.5) is 9.59 Å². The van der Waals surface area contributed by atoms with Crippen molar-refractivity contribution < 1.29 is 14.3 Å². The van der Waals surface area contributed by atoms with Crippen molar-refractivity contribution in [1.29, 1.82) is 0 Å². The molecule has 3 amide bonds. The summed E-state index contributed by atoms with van der Waals surface area (Å²) in [5.41, 5.74) is 2.02. The predicted molar refractivity (Wildman–Crippen MR) is 98.5 cm³/mol. The van der Waals surface area contributed by atoms with Crippen molar-refractivity contribution in [3.05, 3.63) is 71.8 Å². The molecule has 0 saturated carbocycles.